The van der Waals surface area contributed by atoms with Crippen LogP contribution in [0.25, 0.3) is 0 Å². The molecule has 0 bridgehead atoms. The molecular formula is C8H9N3O2. The number of aromatic nitrogens is 1. The maximum absolute atomic E-state index is 11.5. The number of hydrogen-bond acceptors (Lipinski definition) is 4. The van der Waals surface area contributed by atoms with Crippen molar-refractivity contribution in [3.05, 3.63) is 18.0 Å². The highest BCUT2D eigenvalue weighted by atomic mass is 16.5. The quantitative estimate of drug-likeness (QED) is 0.639. The molecule has 0 radical (unpaired) electrons. The molecule has 0 saturated heterocycles. The molecule has 1 aromatic rings. The molecule has 0 unspecified atom stereocenters. The SMILES string of the molecule is CCN(CC#N)C(=O)c1ccon1. The van der Waals surface area contributed by atoms with E-state index in [1.807, 2.05) is 6.07 Å². The topological polar surface area (TPSA) is 70.1 Å². The van der Waals surface area contributed by atoms with Gasteiger partial charge in [0, 0.05) is 12.6 Å². The maximum Gasteiger partial charge on any atom is 0.276 e. The number of nitrogens with zero attached hydrogens (tertiary/aromatic N) is 3. The molecule has 1 heterocycles. The molecule has 0 N–H and O–H groups in total. The van der Waals surface area contributed by atoms with Crippen LogP contribution >= 0.6 is 0 Å². The minimum Gasteiger partial charge on any atom is -0.364 e. The minimum atomic E-state index is -0.280. The van der Waals surface area contributed by atoms with E-state index in [1.54, 1.807) is 6.92 Å². The van der Waals surface area contributed by atoms with Gasteiger partial charge in [0.05, 0.1) is 6.07 Å². The molecule has 1 amide bonds. The van der Waals surface area contributed by atoms with Crippen LogP contribution in [-0.2, 0) is 0 Å². The van der Waals surface area contributed by atoms with Gasteiger partial charge in [-0.1, -0.05) is 5.16 Å². The summed E-state index contributed by atoms with van der Waals surface area (Å²) in [6, 6.07) is 3.38. The highest BCUT2D eigenvalue weighted by molar-refractivity contribution is 5.92. The lowest BCUT2D eigenvalue weighted by molar-refractivity contribution is 0.0774. The van der Waals surface area contributed by atoms with Gasteiger partial charge in [-0.3, -0.25) is 4.79 Å². The van der Waals surface area contributed by atoms with E-state index in [0.29, 0.717) is 6.54 Å². The van der Waals surface area contributed by atoms with Crippen LogP contribution in [-0.4, -0.2) is 29.1 Å². The van der Waals surface area contributed by atoms with E-state index in [2.05, 4.69) is 9.68 Å². The third-order valence-electron chi connectivity index (χ3n) is 1.59. The smallest absolute Gasteiger partial charge is 0.276 e. The van der Waals surface area contributed by atoms with Crippen LogP contribution in [0.1, 0.15) is 17.4 Å². The number of carbonyl (C=O) groups excluding carboxylic acids is 1. The average Bonchev–Trinajstić information content (AvgIpc) is 2.65. The third kappa shape index (κ3) is 2.06. The fraction of sp³-hybridized carbons (Fsp3) is 0.375. The van der Waals surface area contributed by atoms with Gasteiger partial charge in [-0.2, -0.15) is 5.26 Å². The minimum absolute atomic E-state index is 0.0716. The Hall–Kier alpha value is -1.83. The third-order valence-corrected chi connectivity index (χ3v) is 1.59. The standard InChI is InChI=1S/C8H9N3O2/c1-2-11(5-4-9)8(12)7-3-6-13-10-7/h3,6H,2,5H2,1H3. The Balaban J connectivity index is 2.72. The summed E-state index contributed by atoms with van der Waals surface area (Å²) in [5, 5.41) is 11.9. The number of hydrogen-bond donors (Lipinski definition) is 0. The van der Waals surface area contributed by atoms with Crippen LogP contribution in [0.4, 0.5) is 0 Å². The second kappa shape index (κ2) is 4.26. The summed E-state index contributed by atoms with van der Waals surface area (Å²) < 4.78 is 4.53. The highest BCUT2D eigenvalue weighted by Crippen LogP contribution is 2.00. The van der Waals surface area contributed by atoms with Gasteiger partial charge in [-0.05, 0) is 6.92 Å². The first-order chi connectivity index (χ1) is 6.29. The summed E-state index contributed by atoms with van der Waals surface area (Å²) in [5.74, 6) is -0.280. The van der Waals surface area contributed by atoms with Crippen molar-refractivity contribution in [3.8, 4) is 6.07 Å². The molecule has 13 heavy (non-hydrogen) atoms. The molecule has 0 aliphatic heterocycles. The Kier molecular flexibility index (Phi) is 3.03. The van der Waals surface area contributed by atoms with Crippen molar-refractivity contribution >= 4 is 5.91 Å². The molecule has 0 fully saturated rings. The monoisotopic (exact) mass is 179 g/mol. The molecule has 68 valence electrons. The Labute approximate surface area is 75.5 Å². The highest BCUT2D eigenvalue weighted by Gasteiger charge is 2.15. The zero-order chi connectivity index (χ0) is 9.68. The van der Waals surface area contributed by atoms with Crippen molar-refractivity contribution in [1.82, 2.24) is 10.1 Å². The van der Waals surface area contributed by atoms with Crippen molar-refractivity contribution in [3.63, 3.8) is 0 Å². The lowest BCUT2D eigenvalue weighted by Gasteiger charge is -2.14. The molecule has 0 aliphatic carbocycles. The average molecular weight is 179 g/mol. The van der Waals surface area contributed by atoms with E-state index in [9.17, 15) is 4.79 Å². The fourth-order valence-electron chi connectivity index (χ4n) is 0.897. The van der Waals surface area contributed by atoms with E-state index in [0.717, 1.165) is 0 Å². The largest absolute Gasteiger partial charge is 0.364 e. The molecule has 0 saturated carbocycles. The van der Waals surface area contributed by atoms with E-state index in [-0.39, 0.29) is 18.1 Å². The first kappa shape index (κ1) is 9.26. The molecule has 0 aliphatic rings. The molecule has 1 rings (SSSR count). The van der Waals surface area contributed by atoms with Gasteiger partial charge in [0.1, 0.15) is 12.8 Å². The summed E-state index contributed by atoms with van der Waals surface area (Å²) in [5.41, 5.74) is 0.233. The van der Waals surface area contributed by atoms with Crippen LogP contribution < -0.4 is 0 Å². The number of amides is 1. The Morgan fingerprint density at radius 1 is 1.85 bits per heavy atom. The van der Waals surface area contributed by atoms with E-state index in [1.165, 1.54) is 17.2 Å². The van der Waals surface area contributed by atoms with Crippen molar-refractivity contribution in [2.24, 2.45) is 0 Å². The van der Waals surface area contributed by atoms with Gasteiger partial charge in [-0.25, -0.2) is 0 Å². The zero-order valence-corrected chi connectivity index (χ0v) is 7.23. The first-order valence-corrected chi connectivity index (χ1v) is 3.86. The van der Waals surface area contributed by atoms with Crippen LogP contribution in [0.15, 0.2) is 16.9 Å². The predicted molar refractivity (Wildman–Crippen MR) is 43.7 cm³/mol. The van der Waals surface area contributed by atoms with Crippen LogP contribution in [0.2, 0.25) is 0 Å². The maximum atomic E-state index is 11.5. The Morgan fingerprint density at radius 2 is 2.62 bits per heavy atom. The zero-order valence-electron chi connectivity index (χ0n) is 7.23. The molecule has 0 aromatic carbocycles. The van der Waals surface area contributed by atoms with E-state index in [4.69, 9.17) is 5.26 Å². The number of nitriles is 1. The van der Waals surface area contributed by atoms with E-state index >= 15 is 0 Å². The number of carbonyl (C=O) groups is 1. The van der Waals surface area contributed by atoms with Crippen LogP contribution in [0.5, 0.6) is 0 Å². The predicted octanol–water partition coefficient (Wildman–Crippen LogP) is 0.660. The van der Waals surface area contributed by atoms with Crippen molar-refractivity contribution in [2.75, 3.05) is 13.1 Å². The molecule has 5 nitrogen and oxygen atoms in total. The summed E-state index contributed by atoms with van der Waals surface area (Å²) >= 11 is 0. The fourth-order valence-corrected chi connectivity index (χ4v) is 0.897. The molecular weight excluding hydrogens is 170 g/mol. The van der Waals surface area contributed by atoms with Gasteiger partial charge in [0.15, 0.2) is 5.69 Å². The van der Waals surface area contributed by atoms with Gasteiger partial charge in [0.25, 0.3) is 5.91 Å². The first-order valence-electron chi connectivity index (χ1n) is 3.86. The molecule has 5 heteroatoms. The Morgan fingerprint density at radius 3 is 3.08 bits per heavy atom. The number of rotatable bonds is 3. The summed E-state index contributed by atoms with van der Waals surface area (Å²) in [7, 11) is 0. The van der Waals surface area contributed by atoms with Crippen molar-refractivity contribution in [2.45, 2.75) is 6.92 Å². The second-order valence-corrected chi connectivity index (χ2v) is 2.36. The molecule has 0 spiro atoms. The van der Waals surface area contributed by atoms with E-state index < -0.39 is 0 Å². The van der Waals surface area contributed by atoms with Gasteiger partial charge < -0.3 is 9.42 Å². The van der Waals surface area contributed by atoms with Gasteiger partial charge in [-0.15, -0.1) is 0 Å². The molecule has 0 atom stereocenters. The lowest BCUT2D eigenvalue weighted by atomic mass is 10.3. The van der Waals surface area contributed by atoms with Crippen molar-refractivity contribution < 1.29 is 9.32 Å². The Bertz CT molecular complexity index is 313. The lowest BCUT2D eigenvalue weighted by Crippen LogP contribution is -2.31. The summed E-state index contributed by atoms with van der Waals surface area (Å²) in [6.07, 6.45) is 1.33. The van der Waals surface area contributed by atoms with Crippen molar-refractivity contribution in [1.29, 1.82) is 5.26 Å². The van der Waals surface area contributed by atoms with Gasteiger partial charge in [0.2, 0.25) is 0 Å². The molecule has 1 aromatic heterocycles. The van der Waals surface area contributed by atoms with Crippen LogP contribution in [0, 0.1) is 11.3 Å². The second-order valence-electron chi connectivity index (χ2n) is 2.36. The van der Waals surface area contributed by atoms with Crippen LogP contribution in [0.3, 0.4) is 0 Å². The summed E-state index contributed by atoms with van der Waals surface area (Å²) in [4.78, 5) is 12.9. The van der Waals surface area contributed by atoms with Gasteiger partial charge >= 0.3 is 0 Å². The summed E-state index contributed by atoms with van der Waals surface area (Å²) in [6.45, 7) is 2.36. The normalized spacial score (nSPS) is 9.23.